The van der Waals surface area contributed by atoms with Gasteiger partial charge in [0.15, 0.2) is 0 Å². The quantitative estimate of drug-likeness (QED) is 0.0988. The summed E-state index contributed by atoms with van der Waals surface area (Å²) in [6.45, 7) is 5.56. The Labute approximate surface area is 313 Å². The van der Waals surface area contributed by atoms with Gasteiger partial charge in [-0.05, 0) is 68.5 Å². The first-order valence-electron chi connectivity index (χ1n) is 19.0. The van der Waals surface area contributed by atoms with Crippen LogP contribution in [-0.2, 0) is 9.53 Å². The number of aliphatic hydroxyl groups excluding tert-OH is 1. The third-order valence-electron chi connectivity index (χ3n) is 11.2. The minimum absolute atomic E-state index is 0.0461. The second kappa shape index (κ2) is 14.2. The van der Waals surface area contributed by atoms with Crippen molar-refractivity contribution in [3.63, 3.8) is 0 Å². The molecule has 0 bridgehead atoms. The number of nitrogens with one attached hydrogen (secondary N) is 4. The third kappa shape index (κ3) is 6.18. The number of rotatable bonds is 10. The van der Waals surface area contributed by atoms with Gasteiger partial charge in [0.1, 0.15) is 17.4 Å². The number of benzene rings is 3. The molecule has 0 spiro atoms. The number of hydrogen-bond acceptors (Lipinski definition) is 8. The lowest BCUT2D eigenvalue weighted by molar-refractivity contribution is -0.145. The van der Waals surface area contributed by atoms with Gasteiger partial charge in [-0.3, -0.25) is 10.1 Å². The van der Waals surface area contributed by atoms with Gasteiger partial charge in [0.25, 0.3) is 0 Å². The molecular weight excluding hydrogens is 681 g/mol. The first-order valence-corrected chi connectivity index (χ1v) is 19.0. The number of aliphatic hydroxyl groups is 1. The van der Waals surface area contributed by atoms with Gasteiger partial charge in [-0.25, -0.2) is 9.97 Å². The van der Waals surface area contributed by atoms with Gasteiger partial charge in [-0.1, -0.05) is 56.3 Å². The number of fused-ring (bicyclic) bond motifs is 5. The Bertz CT molecular complexity index is 2290. The summed E-state index contributed by atoms with van der Waals surface area (Å²) in [6, 6.07) is 25.0. The molecular formula is C42H46N8O4. The molecule has 3 aliphatic heterocycles. The Hall–Kier alpha value is -5.27. The fourth-order valence-corrected chi connectivity index (χ4v) is 8.37. The summed E-state index contributed by atoms with van der Waals surface area (Å²) in [4.78, 5) is 32.2. The Balaban J connectivity index is 1.04. The third-order valence-corrected chi connectivity index (χ3v) is 11.2. The van der Waals surface area contributed by atoms with Crippen molar-refractivity contribution in [3.8, 4) is 39.5 Å². The summed E-state index contributed by atoms with van der Waals surface area (Å²) in [5.41, 5.74) is 8.14. The smallest absolute Gasteiger partial charge is 0.240 e. The van der Waals surface area contributed by atoms with Crippen molar-refractivity contribution in [2.45, 2.75) is 70.3 Å². The molecule has 9 rings (SSSR count). The molecule has 12 nitrogen and oxygen atoms in total. The Kier molecular flexibility index (Phi) is 9.06. The van der Waals surface area contributed by atoms with Crippen LogP contribution < -0.4 is 15.4 Å². The van der Waals surface area contributed by atoms with Crippen LogP contribution in [0.2, 0.25) is 0 Å². The van der Waals surface area contributed by atoms with Gasteiger partial charge in [0.2, 0.25) is 18.5 Å². The number of hydrogen-bond donors (Lipinski definition) is 5. The van der Waals surface area contributed by atoms with Crippen molar-refractivity contribution in [1.29, 1.82) is 0 Å². The van der Waals surface area contributed by atoms with Gasteiger partial charge < -0.3 is 39.3 Å². The minimum Gasteiger partial charge on any atom is -0.465 e. The fourth-order valence-electron chi connectivity index (χ4n) is 8.37. The number of nitrogens with zero attached hydrogens (tertiary/aromatic N) is 4. The summed E-state index contributed by atoms with van der Waals surface area (Å²) in [5, 5.41) is 17.7. The highest BCUT2D eigenvalue weighted by Crippen LogP contribution is 2.46. The summed E-state index contributed by atoms with van der Waals surface area (Å²) in [6.07, 6.45) is 6.12. The van der Waals surface area contributed by atoms with E-state index in [1.807, 2.05) is 49.3 Å². The summed E-state index contributed by atoms with van der Waals surface area (Å²) in [5.74, 6) is 2.40. The number of carbonyl (C=O) groups excluding carboxylic acids is 1. The monoisotopic (exact) mass is 726 g/mol. The molecule has 3 aromatic carbocycles. The average Bonchev–Trinajstić information content (AvgIpc) is 4.04. The number of H-pyrrole nitrogens is 2. The van der Waals surface area contributed by atoms with E-state index in [0.29, 0.717) is 6.54 Å². The van der Waals surface area contributed by atoms with Gasteiger partial charge >= 0.3 is 0 Å². The normalized spacial score (nSPS) is 20.6. The van der Waals surface area contributed by atoms with Crippen molar-refractivity contribution in [1.82, 2.24) is 40.0 Å². The van der Waals surface area contributed by atoms with Crippen molar-refractivity contribution < 1.29 is 19.4 Å². The van der Waals surface area contributed by atoms with Gasteiger partial charge in [-0.15, -0.1) is 0 Å². The SMILES string of the molecule is COC(O)NC(C(=O)N1CCCC1c1ncc(-c2ccc3c(c2)OC(c2ccccc2)n2c-3cc3cc(-c4cnc(C5CCCN5)[nH]4)ccc32)[nH]1)C(C)C. The lowest BCUT2D eigenvalue weighted by Crippen LogP contribution is -2.52. The number of methoxy groups -OCH3 is 1. The Morgan fingerprint density at radius 3 is 2.46 bits per heavy atom. The van der Waals surface area contributed by atoms with Crippen LogP contribution in [0.25, 0.3) is 44.7 Å². The predicted molar refractivity (Wildman–Crippen MR) is 206 cm³/mol. The summed E-state index contributed by atoms with van der Waals surface area (Å²) >= 11 is 0. The zero-order chi connectivity index (χ0) is 36.9. The molecule has 1 amide bonds. The zero-order valence-electron chi connectivity index (χ0n) is 30.8. The highest BCUT2D eigenvalue weighted by molar-refractivity contribution is 5.92. The highest BCUT2D eigenvalue weighted by atomic mass is 16.6. The zero-order valence-corrected chi connectivity index (χ0v) is 30.8. The number of ether oxygens (including phenoxy) is 2. The van der Waals surface area contributed by atoms with E-state index in [0.717, 1.165) is 93.4 Å². The van der Waals surface area contributed by atoms with Crippen LogP contribution >= 0.6 is 0 Å². The molecule has 3 aromatic heterocycles. The first kappa shape index (κ1) is 34.5. The molecule has 0 radical (unpaired) electrons. The molecule has 2 saturated heterocycles. The predicted octanol–water partition coefficient (Wildman–Crippen LogP) is 6.65. The molecule has 6 heterocycles. The number of aromatic amines is 2. The van der Waals surface area contributed by atoms with E-state index < -0.39 is 12.5 Å². The lowest BCUT2D eigenvalue weighted by atomic mass is 10.0. The van der Waals surface area contributed by atoms with E-state index in [1.165, 1.54) is 13.5 Å². The highest BCUT2D eigenvalue weighted by Gasteiger charge is 2.37. The molecule has 2 fully saturated rings. The van der Waals surface area contributed by atoms with E-state index in [4.69, 9.17) is 19.4 Å². The van der Waals surface area contributed by atoms with Crippen molar-refractivity contribution >= 4 is 16.8 Å². The lowest BCUT2D eigenvalue weighted by Gasteiger charge is -2.31. The molecule has 3 aliphatic rings. The molecule has 5 N–H and O–H groups in total. The average molecular weight is 727 g/mol. The maximum Gasteiger partial charge on any atom is 0.240 e. The van der Waals surface area contributed by atoms with Gasteiger partial charge in [-0.2, -0.15) is 0 Å². The first-order chi connectivity index (χ1) is 26.4. The maximum absolute atomic E-state index is 13.7. The van der Waals surface area contributed by atoms with Gasteiger partial charge in [0.05, 0.1) is 53.1 Å². The number of carbonyl (C=O) groups is 1. The van der Waals surface area contributed by atoms with Crippen LogP contribution in [0.5, 0.6) is 5.75 Å². The van der Waals surface area contributed by atoms with E-state index in [9.17, 15) is 9.90 Å². The number of aromatic nitrogens is 5. The molecule has 278 valence electrons. The number of amides is 1. The molecule has 6 aromatic rings. The summed E-state index contributed by atoms with van der Waals surface area (Å²) < 4.78 is 14.2. The van der Waals surface area contributed by atoms with E-state index in [-0.39, 0.29) is 30.1 Å². The van der Waals surface area contributed by atoms with E-state index in [1.54, 1.807) is 0 Å². The second-order valence-electron chi connectivity index (χ2n) is 14.9. The van der Waals surface area contributed by atoms with Crippen LogP contribution in [0.1, 0.15) is 75.1 Å². The largest absolute Gasteiger partial charge is 0.465 e. The van der Waals surface area contributed by atoms with E-state index >= 15 is 0 Å². The number of likely N-dealkylation sites (tertiary alicyclic amines) is 1. The van der Waals surface area contributed by atoms with Crippen molar-refractivity contribution in [3.05, 3.63) is 102 Å². The number of imidazole rings is 2. The Morgan fingerprint density at radius 1 is 0.944 bits per heavy atom. The van der Waals surface area contributed by atoms with E-state index in [2.05, 4.69) is 79.8 Å². The maximum atomic E-state index is 13.7. The van der Waals surface area contributed by atoms with Crippen LogP contribution in [-0.4, -0.2) is 73.1 Å². The van der Waals surface area contributed by atoms with Crippen LogP contribution in [0.3, 0.4) is 0 Å². The molecule has 0 aliphatic carbocycles. The molecule has 54 heavy (non-hydrogen) atoms. The molecule has 12 heteroatoms. The topological polar surface area (TPSA) is 145 Å². The van der Waals surface area contributed by atoms with Crippen LogP contribution in [0, 0.1) is 5.92 Å². The minimum atomic E-state index is -1.22. The van der Waals surface area contributed by atoms with Crippen molar-refractivity contribution in [2.24, 2.45) is 5.92 Å². The molecule has 0 saturated carbocycles. The molecule has 5 unspecified atom stereocenters. The Morgan fingerprint density at radius 2 is 1.70 bits per heavy atom. The van der Waals surface area contributed by atoms with Crippen LogP contribution in [0.15, 0.2) is 85.2 Å². The summed E-state index contributed by atoms with van der Waals surface area (Å²) in [7, 11) is 1.40. The standard InChI is InChI=1S/C42H46N8O4/c1-24(2)37(48-42(52)53-3)40(51)49-18-8-12-34(49)39-45-23-32(47-39)27-13-15-29-35-20-28-19-26(31-22-44-38(46-31)30-11-7-17-43-30)14-16-33(28)50(35)41(54-36(29)21-27)25-9-5-4-6-10-25/h4-6,9-10,13-16,19-24,30,34,37,41-43,48,52H,7-8,11-12,17-18H2,1-3H3,(H,44,46)(H,45,47). The van der Waals surface area contributed by atoms with Gasteiger partial charge in [0, 0.05) is 41.3 Å². The fraction of sp³-hybridized carbons (Fsp3) is 0.357. The van der Waals surface area contributed by atoms with Crippen molar-refractivity contribution in [2.75, 3.05) is 20.2 Å². The van der Waals surface area contributed by atoms with Crippen LogP contribution in [0.4, 0.5) is 0 Å². The molecule has 5 atom stereocenters. The second-order valence-corrected chi connectivity index (χ2v) is 14.9.